The fourth-order valence-corrected chi connectivity index (χ4v) is 8.22. The highest BCUT2D eigenvalue weighted by atomic mass is 19.1. The molecule has 1 heterocycles. The zero-order valence-electron chi connectivity index (χ0n) is 17.4. The van der Waals surface area contributed by atoms with Crippen molar-refractivity contribution in [1.29, 1.82) is 0 Å². The van der Waals surface area contributed by atoms with E-state index in [-0.39, 0.29) is 11.3 Å². The van der Waals surface area contributed by atoms with Crippen LogP contribution >= 0.6 is 0 Å². The van der Waals surface area contributed by atoms with Gasteiger partial charge in [-0.15, -0.1) is 10.2 Å². The summed E-state index contributed by atoms with van der Waals surface area (Å²) in [5.41, 5.74) is -0.956. The lowest BCUT2D eigenvalue weighted by Crippen LogP contribution is -2.52. The second-order valence-corrected chi connectivity index (χ2v) is 10.8. The van der Waals surface area contributed by atoms with Crippen molar-refractivity contribution in [2.45, 2.75) is 76.7 Å². The molecule has 0 unspecified atom stereocenters. The third-order valence-electron chi connectivity index (χ3n) is 9.55. The molecule has 0 radical (unpaired) electrons. The maximum Gasteiger partial charge on any atom is 0.144 e. The number of aromatic nitrogens is 3. The maximum atomic E-state index is 13.3. The smallest absolute Gasteiger partial charge is 0.144 e. The van der Waals surface area contributed by atoms with Crippen molar-refractivity contribution >= 4 is 5.78 Å². The Balaban J connectivity index is 1.31. The summed E-state index contributed by atoms with van der Waals surface area (Å²) in [6.45, 7) is 1.78. The largest absolute Gasteiger partial charge is 0.387 e. The molecule has 4 aliphatic carbocycles. The molecule has 4 saturated carbocycles. The van der Waals surface area contributed by atoms with Crippen LogP contribution in [0.3, 0.4) is 0 Å². The lowest BCUT2D eigenvalue weighted by molar-refractivity contribution is -0.133. The van der Waals surface area contributed by atoms with Crippen LogP contribution in [-0.4, -0.2) is 38.3 Å². The first-order valence-electron chi connectivity index (χ1n) is 11.6. The molecule has 6 heteroatoms. The molecule has 8 atom stereocenters. The number of nitrogens with one attached hydrogen (secondary N) is 1. The van der Waals surface area contributed by atoms with Gasteiger partial charge < -0.3 is 10.1 Å². The summed E-state index contributed by atoms with van der Waals surface area (Å²) in [7, 11) is 0. The first kappa shape index (κ1) is 19.7. The maximum absolute atomic E-state index is 13.3. The van der Waals surface area contributed by atoms with E-state index < -0.39 is 12.3 Å². The SMILES string of the molecule is C[C@]12CC[C@H]3[C@@H](CC[C@H]4C[C@@](O)(CF)CC[C@@H]43)[C@@H]1CC[C@@H]2C(=O)Cc1nnc[nH]1. The van der Waals surface area contributed by atoms with E-state index >= 15 is 0 Å². The van der Waals surface area contributed by atoms with Gasteiger partial charge in [0.05, 0.1) is 12.0 Å². The molecule has 1 aromatic heterocycles. The Kier molecular flexibility index (Phi) is 4.84. The summed E-state index contributed by atoms with van der Waals surface area (Å²) < 4.78 is 13.3. The first-order valence-corrected chi connectivity index (χ1v) is 11.6. The molecule has 4 aliphatic rings. The predicted octanol–water partition coefficient (Wildman–Crippen LogP) is 3.89. The highest BCUT2D eigenvalue weighted by Crippen LogP contribution is 2.64. The van der Waals surface area contributed by atoms with Gasteiger partial charge in [-0.1, -0.05) is 6.92 Å². The van der Waals surface area contributed by atoms with Gasteiger partial charge in [0.2, 0.25) is 0 Å². The molecule has 1 aromatic rings. The molecule has 5 nitrogen and oxygen atoms in total. The topological polar surface area (TPSA) is 78.9 Å². The minimum absolute atomic E-state index is 0.111. The number of aromatic amines is 1. The Hall–Kier alpha value is -1.30. The van der Waals surface area contributed by atoms with E-state index in [1.54, 1.807) is 6.33 Å². The summed E-state index contributed by atoms with van der Waals surface area (Å²) in [6, 6.07) is 0. The van der Waals surface area contributed by atoms with Crippen molar-refractivity contribution in [2.75, 3.05) is 6.67 Å². The zero-order chi connectivity index (χ0) is 20.2. The normalized spacial score (nSPS) is 46.6. The molecular formula is C23H34FN3O2. The van der Waals surface area contributed by atoms with Crippen LogP contribution in [0.4, 0.5) is 4.39 Å². The number of alkyl halides is 1. The van der Waals surface area contributed by atoms with Crippen molar-refractivity contribution < 1.29 is 14.3 Å². The van der Waals surface area contributed by atoms with Gasteiger partial charge in [0.25, 0.3) is 0 Å². The van der Waals surface area contributed by atoms with Gasteiger partial charge in [-0.25, -0.2) is 4.39 Å². The number of H-pyrrole nitrogens is 1. The molecule has 4 fully saturated rings. The molecule has 160 valence electrons. The molecule has 0 saturated heterocycles. The lowest BCUT2D eigenvalue weighted by Gasteiger charge is -2.57. The van der Waals surface area contributed by atoms with Crippen LogP contribution in [0, 0.1) is 40.9 Å². The Morgan fingerprint density at radius 3 is 2.76 bits per heavy atom. The molecule has 0 aliphatic heterocycles. The Labute approximate surface area is 172 Å². The van der Waals surface area contributed by atoms with E-state index in [1.165, 1.54) is 12.8 Å². The molecule has 0 amide bonds. The van der Waals surface area contributed by atoms with Gasteiger partial charge in [0.15, 0.2) is 0 Å². The van der Waals surface area contributed by atoms with Crippen LogP contribution in [0.5, 0.6) is 0 Å². The van der Waals surface area contributed by atoms with E-state index in [4.69, 9.17) is 0 Å². The quantitative estimate of drug-likeness (QED) is 0.799. The van der Waals surface area contributed by atoms with E-state index in [2.05, 4.69) is 22.1 Å². The summed E-state index contributed by atoms with van der Waals surface area (Å²) in [6.07, 6.45) is 11.0. The zero-order valence-corrected chi connectivity index (χ0v) is 17.4. The van der Waals surface area contributed by atoms with Crippen molar-refractivity contribution in [1.82, 2.24) is 15.2 Å². The average Bonchev–Trinajstić information content (AvgIpc) is 3.34. The molecule has 0 aromatic carbocycles. The number of hydrogen-bond acceptors (Lipinski definition) is 4. The van der Waals surface area contributed by atoms with E-state index in [0.29, 0.717) is 60.5 Å². The number of hydrogen-bond donors (Lipinski definition) is 2. The third kappa shape index (κ3) is 3.17. The van der Waals surface area contributed by atoms with Crippen LogP contribution in [0.15, 0.2) is 6.33 Å². The number of Topliss-reactive ketones (excluding diaryl/α,β-unsaturated/α-hetero) is 1. The highest BCUT2D eigenvalue weighted by molar-refractivity contribution is 5.83. The van der Waals surface area contributed by atoms with Crippen LogP contribution in [0.2, 0.25) is 0 Å². The molecule has 29 heavy (non-hydrogen) atoms. The average molecular weight is 404 g/mol. The Morgan fingerprint density at radius 2 is 2.00 bits per heavy atom. The standard InChI is InChI=1S/C23H34FN3O2/c1-22-8-6-16-15-7-9-23(29,12-24)11-14(15)2-3-17(16)18(22)4-5-19(22)20(28)10-21-25-13-26-27-21/h13-19,29H,2-12H2,1H3,(H,25,26,27)/t14-,15-,16+,17+,18-,19+,22-,23+/m0/s1. The molecule has 0 bridgehead atoms. The second-order valence-electron chi connectivity index (χ2n) is 10.8. The van der Waals surface area contributed by atoms with Crippen molar-refractivity contribution in [3.63, 3.8) is 0 Å². The van der Waals surface area contributed by atoms with Crippen LogP contribution in [0.1, 0.15) is 70.5 Å². The van der Waals surface area contributed by atoms with Crippen molar-refractivity contribution in [2.24, 2.45) is 40.9 Å². The van der Waals surface area contributed by atoms with Gasteiger partial charge in [-0.3, -0.25) is 4.79 Å². The highest BCUT2D eigenvalue weighted by Gasteiger charge is 2.58. The molecule has 0 spiro atoms. The number of nitrogens with zero attached hydrogens (tertiary/aromatic N) is 2. The lowest BCUT2D eigenvalue weighted by atomic mass is 9.49. The summed E-state index contributed by atoms with van der Waals surface area (Å²) in [5, 5.41) is 18.3. The first-order chi connectivity index (χ1) is 13.9. The fourth-order valence-electron chi connectivity index (χ4n) is 8.22. The molecule has 2 N–H and O–H groups in total. The second kappa shape index (κ2) is 7.14. The van der Waals surface area contributed by atoms with Crippen molar-refractivity contribution in [3.8, 4) is 0 Å². The van der Waals surface area contributed by atoms with E-state index in [1.807, 2.05) is 0 Å². The monoisotopic (exact) mass is 403 g/mol. The van der Waals surface area contributed by atoms with Gasteiger partial charge in [0, 0.05) is 5.92 Å². The number of carbonyl (C=O) groups is 1. The van der Waals surface area contributed by atoms with Crippen LogP contribution in [-0.2, 0) is 11.2 Å². The van der Waals surface area contributed by atoms with Crippen molar-refractivity contribution in [3.05, 3.63) is 12.2 Å². The third-order valence-corrected chi connectivity index (χ3v) is 9.55. The number of carbonyl (C=O) groups excluding carboxylic acids is 1. The van der Waals surface area contributed by atoms with Gasteiger partial charge in [0.1, 0.15) is 24.6 Å². The Morgan fingerprint density at radius 1 is 1.17 bits per heavy atom. The van der Waals surface area contributed by atoms with Gasteiger partial charge in [-0.2, -0.15) is 0 Å². The number of ketones is 1. The molecule has 5 rings (SSSR count). The van der Waals surface area contributed by atoms with Gasteiger partial charge in [-0.05, 0) is 92.8 Å². The fraction of sp³-hybridized carbons (Fsp3) is 0.870. The number of rotatable bonds is 4. The predicted molar refractivity (Wildman–Crippen MR) is 107 cm³/mol. The van der Waals surface area contributed by atoms with Crippen LogP contribution in [0.25, 0.3) is 0 Å². The van der Waals surface area contributed by atoms with E-state index in [9.17, 15) is 14.3 Å². The summed E-state index contributed by atoms with van der Waals surface area (Å²) in [4.78, 5) is 16.1. The summed E-state index contributed by atoms with van der Waals surface area (Å²) in [5.74, 6) is 4.32. The minimum atomic E-state index is -1.07. The number of halogens is 1. The molecular weight excluding hydrogens is 369 g/mol. The number of fused-ring (bicyclic) bond motifs is 5. The van der Waals surface area contributed by atoms with Crippen LogP contribution < -0.4 is 0 Å². The minimum Gasteiger partial charge on any atom is -0.387 e. The van der Waals surface area contributed by atoms with E-state index in [0.717, 1.165) is 32.1 Å². The summed E-state index contributed by atoms with van der Waals surface area (Å²) >= 11 is 0. The van der Waals surface area contributed by atoms with Gasteiger partial charge >= 0.3 is 0 Å². The Bertz CT molecular complexity index is 755. The number of aliphatic hydroxyl groups is 1.